The molecule has 0 spiro atoms. The zero-order chi connectivity index (χ0) is 24.1. The van der Waals surface area contributed by atoms with Gasteiger partial charge in [0.2, 0.25) is 11.8 Å². The van der Waals surface area contributed by atoms with Gasteiger partial charge in [0, 0.05) is 39.3 Å². The van der Waals surface area contributed by atoms with Crippen LogP contribution in [0.1, 0.15) is 17.2 Å². The van der Waals surface area contributed by atoms with E-state index in [1.54, 1.807) is 16.9 Å². The number of piperazine rings is 1. The van der Waals surface area contributed by atoms with Crippen molar-refractivity contribution in [2.24, 2.45) is 0 Å². The fourth-order valence-electron chi connectivity index (χ4n) is 4.55. The Balaban J connectivity index is 1.40. The molecular weight excluding hydrogens is 454 g/mol. The van der Waals surface area contributed by atoms with Crippen molar-refractivity contribution in [3.8, 4) is 5.75 Å². The molecule has 1 atom stereocenters. The second-order valence-corrected chi connectivity index (χ2v) is 11.0. The zero-order valence-electron chi connectivity index (χ0n) is 19.4. The summed E-state index contributed by atoms with van der Waals surface area (Å²) in [6, 6.07) is 16.5. The van der Waals surface area contributed by atoms with Crippen LogP contribution in [0.4, 0.5) is 0 Å². The highest BCUT2D eigenvalue weighted by Crippen LogP contribution is 2.26. The number of benzene rings is 2. The van der Waals surface area contributed by atoms with Gasteiger partial charge in [0.05, 0.1) is 25.0 Å². The third-order valence-corrected chi connectivity index (χ3v) is 8.14. The van der Waals surface area contributed by atoms with Gasteiger partial charge in [0.25, 0.3) is 0 Å². The minimum atomic E-state index is -3.05. The molecule has 9 heteroatoms. The monoisotopic (exact) mass is 485 g/mol. The summed E-state index contributed by atoms with van der Waals surface area (Å²) in [6.07, 6.45) is 0.292. The third-order valence-electron chi connectivity index (χ3n) is 6.53. The van der Waals surface area contributed by atoms with E-state index in [-0.39, 0.29) is 23.3 Å². The number of carbonyl (C=O) groups is 2. The van der Waals surface area contributed by atoms with Crippen LogP contribution >= 0.6 is 0 Å². The van der Waals surface area contributed by atoms with Gasteiger partial charge in [-0.25, -0.2) is 8.42 Å². The minimum absolute atomic E-state index is 0.0289. The Morgan fingerprint density at radius 2 is 1.53 bits per heavy atom. The van der Waals surface area contributed by atoms with Crippen LogP contribution < -0.4 is 4.74 Å². The highest BCUT2D eigenvalue weighted by molar-refractivity contribution is 7.91. The Hall–Kier alpha value is -2.91. The zero-order valence-corrected chi connectivity index (χ0v) is 20.2. The summed E-state index contributed by atoms with van der Waals surface area (Å²) in [5, 5.41) is 0. The summed E-state index contributed by atoms with van der Waals surface area (Å²) >= 11 is 0. The molecule has 2 aliphatic rings. The lowest BCUT2D eigenvalue weighted by Crippen LogP contribution is -2.55. The van der Waals surface area contributed by atoms with Crippen LogP contribution in [0, 0.1) is 0 Å². The Morgan fingerprint density at radius 1 is 0.882 bits per heavy atom. The number of carbonyl (C=O) groups excluding carboxylic acids is 2. The van der Waals surface area contributed by atoms with E-state index in [9.17, 15) is 18.0 Å². The number of amides is 2. The van der Waals surface area contributed by atoms with E-state index in [4.69, 9.17) is 4.74 Å². The summed E-state index contributed by atoms with van der Waals surface area (Å²) in [5.41, 5.74) is 1.76. The van der Waals surface area contributed by atoms with Crippen molar-refractivity contribution >= 4 is 21.7 Å². The summed E-state index contributed by atoms with van der Waals surface area (Å²) in [7, 11) is -1.45. The van der Waals surface area contributed by atoms with Gasteiger partial charge in [0.1, 0.15) is 11.8 Å². The normalized spacial score (nSPS) is 19.4. The second-order valence-electron chi connectivity index (χ2n) is 8.74. The molecule has 0 saturated carbocycles. The van der Waals surface area contributed by atoms with Crippen molar-refractivity contribution in [2.45, 2.75) is 12.5 Å². The maximum atomic E-state index is 13.6. The van der Waals surface area contributed by atoms with Crippen molar-refractivity contribution in [1.82, 2.24) is 14.7 Å². The largest absolute Gasteiger partial charge is 0.497 e. The molecule has 182 valence electrons. The average Bonchev–Trinajstić information content (AvgIpc) is 2.86. The van der Waals surface area contributed by atoms with Gasteiger partial charge in [-0.05, 0) is 23.3 Å². The molecule has 2 amide bonds. The van der Waals surface area contributed by atoms with Crippen LogP contribution in [-0.2, 0) is 25.8 Å². The van der Waals surface area contributed by atoms with Crippen LogP contribution in [0.2, 0.25) is 0 Å². The Labute approximate surface area is 201 Å². The molecule has 2 aliphatic heterocycles. The van der Waals surface area contributed by atoms with Crippen LogP contribution in [0.3, 0.4) is 0 Å². The predicted octanol–water partition coefficient (Wildman–Crippen LogP) is 1.38. The van der Waals surface area contributed by atoms with Crippen LogP contribution in [0.25, 0.3) is 0 Å². The molecule has 2 aromatic rings. The number of methoxy groups -OCH3 is 1. The molecule has 34 heavy (non-hydrogen) atoms. The first kappa shape index (κ1) is 24.2. The van der Waals surface area contributed by atoms with Crippen LogP contribution in [-0.4, -0.2) is 92.8 Å². The lowest BCUT2D eigenvalue weighted by Gasteiger charge is -2.40. The molecular formula is C25H31N3O5S. The molecule has 0 radical (unpaired) electrons. The van der Waals surface area contributed by atoms with Gasteiger partial charge in [0.15, 0.2) is 9.84 Å². The quantitative estimate of drug-likeness (QED) is 0.615. The van der Waals surface area contributed by atoms with E-state index >= 15 is 0 Å². The Bertz CT molecular complexity index is 1100. The number of hydrogen-bond donors (Lipinski definition) is 0. The standard InChI is InChI=1S/C25H31N3O5S/c1-33-22-9-5-6-20(18-22)19-23(29)26-10-12-28(13-11-26)25(30)24(21-7-3-2-4-8-21)27-14-16-34(31,32)17-15-27/h2-9,18,24H,10-17,19H2,1H3. The lowest BCUT2D eigenvalue weighted by atomic mass is 10.0. The van der Waals surface area contributed by atoms with E-state index in [1.807, 2.05) is 59.5 Å². The minimum Gasteiger partial charge on any atom is -0.497 e. The van der Waals surface area contributed by atoms with E-state index < -0.39 is 15.9 Å². The summed E-state index contributed by atoms with van der Waals surface area (Å²) in [5.74, 6) is 0.844. The van der Waals surface area contributed by atoms with Gasteiger partial charge in [-0.15, -0.1) is 0 Å². The van der Waals surface area contributed by atoms with Gasteiger partial charge >= 0.3 is 0 Å². The van der Waals surface area contributed by atoms with Gasteiger partial charge in [-0.2, -0.15) is 0 Å². The SMILES string of the molecule is COc1cccc(CC(=O)N2CCN(C(=O)C(c3ccccc3)N3CCS(=O)(=O)CC3)CC2)c1. The molecule has 2 heterocycles. The van der Waals surface area contributed by atoms with Gasteiger partial charge < -0.3 is 14.5 Å². The predicted molar refractivity (Wildman–Crippen MR) is 129 cm³/mol. The molecule has 1 unspecified atom stereocenters. The number of rotatable bonds is 6. The third kappa shape index (κ3) is 5.77. The maximum Gasteiger partial charge on any atom is 0.244 e. The fraction of sp³-hybridized carbons (Fsp3) is 0.440. The van der Waals surface area contributed by atoms with Crippen LogP contribution in [0.5, 0.6) is 5.75 Å². The van der Waals surface area contributed by atoms with E-state index in [0.717, 1.165) is 16.9 Å². The highest BCUT2D eigenvalue weighted by Gasteiger charge is 2.36. The summed E-state index contributed by atoms with van der Waals surface area (Å²) in [6.45, 7) is 2.55. The molecule has 0 aliphatic carbocycles. The van der Waals surface area contributed by atoms with E-state index in [0.29, 0.717) is 45.7 Å². The van der Waals surface area contributed by atoms with E-state index in [2.05, 4.69) is 0 Å². The Morgan fingerprint density at radius 3 is 2.18 bits per heavy atom. The molecule has 0 N–H and O–H groups in total. The van der Waals surface area contributed by atoms with Crippen molar-refractivity contribution in [3.63, 3.8) is 0 Å². The number of hydrogen-bond acceptors (Lipinski definition) is 6. The number of nitrogens with zero attached hydrogens (tertiary/aromatic N) is 3. The second kappa shape index (κ2) is 10.6. The summed E-state index contributed by atoms with van der Waals surface area (Å²) in [4.78, 5) is 32.0. The van der Waals surface area contributed by atoms with Gasteiger partial charge in [-0.3, -0.25) is 14.5 Å². The first-order chi connectivity index (χ1) is 16.4. The molecule has 2 saturated heterocycles. The lowest BCUT2D eigenvalue weighted by molar-refractivity contribution is -0.143. The Kier molecular flexibility index (Phi) is 7.53. The van der Waals surface area contributed by atoms with Crippen LogP contribution in [0.15, 0.2) is 54.6 Å². The fourth-order valence-corrected chi connectivity index (χ4v) is 5.78. The molecule has 0 aromatic heterocycles. The topological polar surface area (TPSA) is 87.2 Å². The molecule has 4 rings (SSSR count). The molecule has 2 aromatic carbocycles. The van der Waals surface area contributed by atoms with Gasteiger partial charge in [-0.1, -0.05) is 42.5 Å². The van der Waals surface area contributed by atoms with Crippen molar-refractivity contribution in [2.75, 3.05) is 57.9 Å². The first-order valence-corrected chi connectivity index (χ1v) is 13.4. The van der Waals surface area contributed by atoms with Crippen molar-refractivity contribution in [1.29, 1.82) is 0 Å². The summed E-state index contributed by atoms with van der Waals surface area (Å²) < 4.78 is 29.1. The maximum absolute atomic E-state index is 13.6. The van der Waals surface area contributed by atoms with Crippen molar-refractivity contribution in [3.05, 3.63) is 65.7 Å². The molecule has 0 bridgehead atoms. The number of ether oxygens (including phenoxy) is 1. The first-order valence-electron chi connectivity index (χ1n) is 11.6. The number of sulfone groups is 1. The molecule has 2 fully saturated rings. The highest BCUT2D eigenvalue weighted by atomic mass is 32.2. The van der Waals surface area contributed by atoms with E-state index in [1.165, 1.54) is 0 Å². The molecule has 8 nitrogen and oxygen atoms in total. The average molecular weight is 486 g/mol. The van der Waals surface area contributed by atoms with Crippen molar-refractivity contribution < 1.29 is 22.7 Å². The smallest absolute Gasteiger partial charge is 0.244 e.